The summed E-state index contributed by atoms with van der Waals surface area (Å²) in [6.07, 6.45) is 2.56. The van der Waals surface area contributed by atoms with Crippen LogP contribution in [0.1, 0.15) is 37.7 Å². The molecule has 4 rings (SSSR count). The number of carbonyl (C=O) groups is 2. The first-order valence-electron chi connectivity index (χ1n) is 11.0. The third-order valence-corrected chi connectivity index (χ3v) is 7.85. The fourth-order valence-corrected chi connectivity index (χ4v) is 6.10. The van der Waals surface area contributed by atoms with Crippen molar-refractivity contribution < 1.29 is 27.5 Å². The van der Waals surface area contributed by atoms with E-state index in [4.69, 9.17) is 9.47 Å². The Morgan fingerprint density at radius 3 is 2.84 bits per heavy atom. The topological polar surface area (TPSA) is 106 Å². The second-order valence-corrected chi connectivity index (χ2v) is 10.7. The van der Waals surface area contributed by atoms with Gasteiger partial charge in [0, 0.05) is 32.5 Å². The molecule has 1 aromatic carbocycles. The quantitative estimate of drug-likeness (QED) is 0.605. The summed E-state index contributed by atoms with van der Waals surface area (Å²) in [5.41, 5.74) is 1.21. The van der Waals surface area contributed by atoms with Gasteiger partial charge >= 0.3 is 0 Å². The van der Waals surface area contributed by atoms with Gasteiger partial charge in [-0.2, -0.15) is 5.10 Å². The minimum atomic E-state index is -3.17. The maximum atomic E-state index is 13.5. The Bertz CT molecular complexity index is 1000. The molecule has 3 aliphatic heterocycles. The number of sulfone groups is 1. The van der Waals surface area contributed by atoms with Gasteiger partial charge < -0.3 is 14.4 Å². The Hall–Kier alpha value is -2.46. The van der Waals surface area contributed by atoms with E-state index in [0.29, 0.717) is 31.9 Å². The van der Waals surface area contributed by atoms with E-state index >= 15 is 0 Å². The highest BCUT2D eigenvalue weighted by Gasteiger charge is 2.38. The smallest absolute Gasteiger partial charge is 0.270 e. The summed E-state index contributed by atoms with van der Waals surface area (Å²) in [7, 11) is -1.58. The maximum absolute atomic E-state index is 13.5. The molecule has 2 fully saturated rings. The van der Waals surface area contributed by atoms with Crippen molar-refractivity contribution >= 4 is 27.4 Å². The fraction of sp³-hybridized carbons (Fsp3) is 0.591. The van der Waals surface area contributed by atoms with E-state index in [1.807, 2.05) is 24.3 Å². The fourth-order valence-electron chi connectivity index (χ4n) is 4.41. The number of ether oxygens (including phenoxy) is 2. The van der Waals surface area contributed by atoms with E-state index in [-0.39, 0.29) is 48.0 Å². The van der Waals surface area contributed by atoms with Crippen LogP contribution in [0.25, 0.3) is 0 Å². The summed E-state index contributed by atoms with van der Waals surface area (Å²) >= 11 is 0. The largest absolute Gasteiger partial charge is 0.497 e. The highest BCUT2D eigenvalue weighted by atomic mass is 32.2. The summed E-state index contributed by atoms with van der Waals surface area (Å²) < 4.78 is 34.8. The molecule has 2 atom stereocenters. The first-order chi connectivity index (χ1) is 15.3. The van der Waals surface area contributed by atoms with Gasteiger partial charge in [0.1, 0.15) is 11.5 Å². The molecule has 0 spiro atoms. The molecule has 2 saturated heterocycles. The summed E-state index contributed by atoms with van der Waals surface area (Å²) in [6.45, 7) is 1.48. The lowest BCUT2D eigenvalue weighted by Gasteiger charge is -2.31. The van der Waals surface area contributed by atoms with Crippen LogP contribution in [0.5, 0.6) is 5.75 Å². The lowest BCUT2D eigenvalue weighted by atomic mass is 10.1. The van der Waals surface area contributed by atoms with Gasteiger partial charge in [0.15, 0.2) is 9.84 Å². The number of amides is 2. The van der Waals surface area contributed by atoms with Crippen molar-refractivity contribution in [3.05, 3.63) is 29.8 Å². The Kier molecular flexibility index (Phi) is 6.80. The summed E-state index contributed by atoms with van der Waals surface area (Å²) in [4.78, 5) is 27.6. The average molecular weight is 464 g/mol. The summed E-state index contributed by atoms with van der Waals surface area (Å²) in [6, 6.07) is 7.04. The molecule has 0 saturated carbocycles. The van der Waals surface area contributed by atoms with Crippen LogP contribution in [0.2, 0.25) is 0 Å². The summed E-state index contributed by atoms with van der Waals surface area (Å²) in [5.74, 6) is 0.166. The van der Waals surface area contributed by atoms with Gasteiger partial charge in [0.05, 0.1) is 30.8 Å². The van der Waals surface area contributed by atoms with Crippen molar-refractivity contribution in [2.75, 3.05) is 31.8 Å². The van der Waals surface area contributed by atoms with Gasteiger partial charge in [-0.25, -0.2) is 13.4 Å². The number of benzene rings is 1. The number of carbonyl (C=O) groups excluding carboxylic acids is 2. The molecule has 2 amide bonds. The molecule has 3 aliphatic rings. The van der Waals surface area contributed by atoms with Crippen molar-refractivity contribution in [3.63, 3.8) is 0 Å². The number of methoxy groups -OCH3 is 1. The zero-order chi connectivity index (χ0) is 22.7. The van der Waals surface area contributed by atoms with Crippen LogP contribution in [-0.4, -0.2) is 79.8 Å². The van der Waals surface area contributed by atoms with Gasteiger partial charge in [0.2, 0.25) is 5.91 Å². The van der Waals surface area contributed by atoms with Crippen LogP contribution in [0.3, 0.4) is 0 Å². The van der Waals surface area contributed by atoms with E-state index in [0.717, 1.165) is 18.4 Å². The van der Waals surface area contributed by atoms with Crippen LogP contribution in [0.15, 0.2) is 29.4 Å². The van der Waals surface area contributed by atoms with Crippen molar-refractivity contribution in [2.45, 2.75) is 50.8 Å². The van der Waals surface area contributed by atoms with Crippen LogP contribution in [0, 0.1) is 0 Å². The first kappa shape index (κ1) is 22.7. The molecule has 0 radical (unpaired) electrons. The highest BCUT2D eigenvalue weighted by molar-refractivity contribution is 7.91. The number of rotatable bonds is 7. The lowest BCUT2D eigenvalue weighted by molar-refractivity contribution is -0.134. The number of hydrazone groups is 1. The molecule has 0 bridgehead atoms. The molecule has 9 nitrogen and oxygen atoms in total. The van der Waals surface area contributed by atoms with Crippen LogP contribution < -0.4 is 4.74 Å². The monoisotopic (exact) mass is 463 g/mol. The van der Waals surface area contributed by atoms with Crippen molar-refractivity contribution in [1.82, 2.24) is 9.91 Å². The van der Waals surface area contributed by atoms with E-state index in [2.05, 4.69) is 5.10 Å². The maximum Gasteiger partial charge on any atom is 0.270 e. The van der Waals surface area contributed by atoms with Crippen LogP contribution >= 0.6 is 0 Å². The average Bonchev–Trinajstić information content (AvgIpc) is 3.42. The molecular formula is C22H29N3O6S. The molecule has 32 heavy (non-hydrogen) atoms. The molecule has 0 aliphatic carbocycles. The predicted molar refractivity (Wildman–Crippen MR) is 118 cm³/mol. The second kappa shape index (κ2) is 9.58. The Balaban J connectivity index is 1.55. The molecule has 174 valence electrons. The minimum Gasteiger partial charge on any atom is -0.497 e. The highest BCUT2D eigenvalue weighted by Crippen LogP contribution is 2.24. The molecule has 1 aromatic rings. The SMILES string of the molecule is COc1cccc(CN(CC2CCCO2)C(=O)C2=NN(C3CCS(=O)(=O)C3)C(=O)CC2)c1. The third-order valence-electron chi connectivity index (χ3n) is 6.10. The van der Waals surface area contributed by atoms with Gasteiger partial charge in [-0.3, -0.25) is 9.59 Å². The number of hydrogen-bond donors (Lipinski definition) is 0. The van der Waals surface area contributed by atoms with E-state index < -0.39 is 15.9 Å². The number of nitrogens with zero attached hydrogens (tertiary/aromatic N) is 3. The lowest BCUT2D eigenvalue weighted by Crippen LogP contribution is -2.46. The van der Waals surface area contributed by atoms with E-state index in [1.54, 1.807) is 12.0 Å². The Labute approximate surface area is 188 Å². The standard InChI is InChI=1S/C22H29N3O6S/c1-30-18-5-2-4-16(12-18)13-24(14-19-6-3-10-31-19)22(27)20-7-8-21(26)25(23-20)17-9-11-32(28,29)15-17/h2,4-5,12,17,19H,3,6-11,13-15H2,1H3. The molecule has 0 N–H and O–H groups in total. The van der Waals surface area contributed by atoms with E-state index in [9.17, 15) is 18.0 Å². The Morgan fingerprint density at radius 2 is 2.16 bits per heavy atom. The molecule has 0 aromatic heterocycles. The van der Waals surface area contributed by atoms with Crippen molar-refractivity contribution in [2.24, 2.45) is 5.10 Å². The minimum absolute atomic E-state index is 0.0357. The zero-order valence-electron chi connectivity index (χ0n) is 18.2. The van der Waals surface area contributed by atoms with Gasteiger partial charge in [0.25, 0.3) is 5.91 Å². The van der Waals surface area contributed by atoms with Gasteiger partial charge in [-0.05, 0) is 37.0 Å². The van der Waals surface area contributed by atoms with Crippen molar-refractivity contribution in [1.29, 1.82) is 0 Å². The predicted octanol–water partition coefficient (Wildman–Crippen LogP) is 1.37. The van der Waals surface area contributed by atoms with E-state index in [1.165, 1.54) is 5.01 Å². The third kappa shape index (κ3) is 5.29. The first-order valence-corrected chi connectivity index (χ1v) is 12.8. The summed E-state index contributed by atoms with van der Waals surface area (Å²) in [5, 5.41) is 5.59. The normalized spacial score (nSPS) is 25.0. The second-order valence-electron chi connectivity index (χ2n) is 8.51. The van der Waals surface area contributed by atoms with Gasteiger partial charge in [-0.15, -0.1) is 0 Å². The van der Waals surface area contributed by atoms with Crippen molar-refractivity contribution in [3.8, 4) is 5.75 Å². The Morgan fingerprint density at radius 1 is 1.31 bits per heavy atom. The molecule has 2 unspecified atom stereocenters. The number of hydrogen-bond acceptors (Lipinski definition) is 7. The molecular weight excluding hydrogens is 434 g/mol. The van der Waals surface area contributed by atoms with Gasteiger partial charge in [-0.1, -0.05) is 12.1 Å². The molecule has 3 heterocycles. The molecule has 10 heteroatoms. The van der Waals surface area contributed by atoms with Crippen LogP contribution in [-0.2, 0) is 30.7 Å². The zero-order valence-corrected chi connectivity index (χ0v) is 19.1. The van der Waals surface area contributed by atoms with Crippen LogP contribution in [0.4, 0.5) is 0 Å².